The summed E-state index contributed by atoms with van der Waals surface area (Å²) in [5, 5.41) is 0. The van der Waals surface area contributed by atoms with Crippen LogP contribution in [0.4, 0.5) is 0 Å². The smallest absolute Gasteiger partial charge is 0.0713 e. The molecule has 0 radical (unpaired) electrons. The first-order chi connectivity index (χ1) is 6.35. The zero-order chi connectivity index (χ0) is 9.94. The van der Waals surface area contributed by atoms with Gasteiger partial charge >= 0.3 is 0 Å². The van der Waals surface area contributed by atoms with Crippen molar-refractivity contribution in [1.29, 1.82) is 0 Å². The van der Waals surface area contributed by atoms with Gasteiger partial charge in [-0.2, -0.15) is 0 Å². The predicted molar refractivity (Wildman–Crippen MR) is 58.9 cm³/mol. The molecule has 0 saturated heterocycles. The van der Waals surface area contributed by atoms with E-state index in [-0.39, 0.29) is 0 Å². The summed E-state index contributed by atoms with van der Waals surface area (Å²) >= 11 is 0. The molecule has 0 amide bonds. The van der Waals surface area contributed by atoms with E-state index in [1.807, 2.05) is 6.08 Å². The molecule has 0 fully saturated rings. The van der Waals surface area contributed by atoms with Gasteiger partial charge in [-0.05, 0) is 18.4 Å². The lowest BCUT2D eigenvalue weighted by atomic mass is 10.2. The van der Waals surface area contributed by atoms with Gasteiger partial charge in [0.2, 0.25) is 0 Å². The quantitative estimate of drug-likeness (QED) is 0.410. The lowest BCUT2D eigenvalue weighted by molar-refractivity contribution is 0.154. The number of allylic oxidation sites excluding steroid dienone is 1. The van der Waals surface area contributed by atoms with Crippen LogP contribution in [-0.4, -0.2) is 13.2 Å². The molecule has 0 saturated carbocycles. The van der Waals surface area contributed by atoms with Gasteiger partial charge in [0.1, 0.15) is 0 Å². The summed E-state index contributed by atoms with van der Waals surface area (Å²) in [6.45, 7) is 9.71. The molecular formula is C12H22O. The second kappa shape index (κ2) is 9.53. The summed E-state index contributed by atoms with van der Waals surface area (Å²) < 4.78 is 5.48. The summed E-state index contributed by atoms with van der Waals surface area (Å²) in [6.07, 6.45) is 8.76. The third-order valence-electron chi connectivity index (χ3n) is 1.87. The van der Waals surface area contributed by atoms with E-state index in [1.54, 1.807) is 0 Å². The minimum absolute atomic E-state index is 0.726. The van der Waals surface area contributed by atoms with Gasteiger partial charge < -0.3 is 4.74 Å². The van der Waals surface area contributed by atoms with E-state index < -0.39 is 0 Å². The Hall–Kier alpha value is -0.560. The van der Waals surface area contributed by atoms with E-state index in [0.29, 0.717) is 0 Å². The number of ether oxygens (including phenoxy) is 1. The second-order valence-electron chi connectivity index (χ2n) is 3.18. The van der Waals surface area contributed by atoms with Crippen LogP contribution in [0.1, 0.15) is 39.5 Å². The highest BCUT2D eigenvalue weighted by atomic mass is 16.5. The molecule has 0 unspecified atom stereocenters. The first-order valence-electron chi connectivity index (χ1n) is 5.24. The van der Waals surface area contributed by atoms with Gasteiger partial charge in [0.15, 0.2) is 0 Å². The SMILES string of the molecule is C=C/C(=C\CCC)COCCCC. The van der Waals surface area contributed by atoms with Crippen LogP contribution in [0, 0.1) is 0 Å². The molecule has 0 aromatic rings. The van der Waals surface area contributed by atoms with Gasteiger partial charge in [-0.3, -0.25) is 0 Å². The van der Waals surface area contributed by atoms with E-state index >= 15 is 0 Å². The van der Waals surface area contributed by atoms with E-state index in [9.17, 15) is 0 Å². The molecule has 0 rings (SSSR count). The Morgan fingerprint density at radius 2 is 2.08 bits per heavy atom. The topological polar surface area (TPSA) is 9.23 Å². The fraction of sp³-hybridized carbons (Fsp3) is 0.667. The lowest BCUT2D eigenvalue weighted by Gasteiger charge is -2.03. The Morgan fingerprint density at radius 3 is 2.62 bits per heavy atom. The molecule has 76 valence electrons. The molecule has 13 heavy (non-hydrogen) atoms. The molecule has 0 aromatic heterocycles. The Balaban J connectivity index is 3.53. The predicted octanol–water partition coefficient (Wildman–Crippen LogP) is 3.72. The molecule has 0 bridgehead atoms. The summed E-state index contributed by atoms with van der Waals surface area (Å²) in [6, 6.07) is 0. The monoisotopic (exact) mass is 182 g/mol. The Kier molecular flexibility index (Phi) is 9.12. The zero-order valence-corrected chi connectivity index (χ0v) is 9.01. The molecule has 0 aromatic carbocycles. The third-order valence-corrected chi connectivity index (χ3v) is 1.87. The molecule has 0 spiro atoms. The van der Waals surface area contributed by atoms with Crippen molar-refractivity contribution in [2.75, 3.05) is 13.2 Å². The molecule has 0 N–H and O–H groups in total. The van der Waals surface area contributed by atoms with Crippen molar-refractivity contribution >= 4 is 0 Å². The number of hydrogen-bond donors (Lipinski definition) is 0. The Morgan fingerprint density at radius 1 is 1.31 bits per heavy atom. The van der Waals surface area contributed by atoms with Gasteiger partial charge in [0.25, 0.3) is 0 Å². The van der Waals surface area contributed by atoms with Crippen molar-refractivity contribution in [1.82, 2.24) is 0 Å². The molecule has 0 aliphatic heterocycles. The van der Waals surface area contributed by atoms with Gasteiger partial charge in [-0.1, -0.05) is 45.4 Å². The Bertz CT molecular complexity index is 147. The molecular weight excluding hydrogens is 160 g/mol. The van der Waals surface area contributed by atoms with E-state index in [0.717, 1.165) is 26.1 Å². The maximum absolute atomic E-state index is 5.48. The molecule has 1 heteroatoms. The Labute approximate surface area is 82.5 Å². The van der Waals surface area contributed by atoms with Crippen molar-refractivity contribution in [2.24, 2.45) is 0 Å². The van der Waals surface area contributed by atoms with Crippen LogP contribution in [0.3, 0.4) is 0 Å². The van der Waals surface area contributed by atoms with Gasteiger partial charge in [-0.15, -0.1) is 0 Å². The number of unbranched alkanes of at least 4 members (excludes halogenated alkanes) is 2. The van der Waals surface area contributed by atoms with Crippen molar-refractivity contribution in [3.05, 3.63) is 24.3 Å². The summed E-state index contributed by atoms with van der Waals surface area (Å²) in [5.41, 5.74) is 1.22. The highest BCUT2D eigenvalue weighted by molar-refractivity contribution is 5.16. The van der Waals surface area contributed by atoms with Crippen molar-refractivity contribution in [2.45, 2.75) is 39.5 Å². The molecule has 0 aliphatic rings. The maximum atomic E-state index is 5.48. The standard InChI is InChI=1S/C12H22O/c1-4-7-9-12(6-3)11-13-10-8-5-2/h6,9H,3-5,7-8,10-11H2,1-2H3/b12-9+. The van der Waals surface area contributed by atoms with Crippen molar-refractivity contribution in [3.63, 3.8) is 0 Å². The van der Waals surface area contributed by atoms with E-state index in [1.165, 1.54) is 18.4 Å². The highest BCUT2D eigenvalue weighted by Gasteiger charge is 1.91. The van der Waals surface area contributed by atoms with Crippen LogP contribution in [0.2, 0.25) is 0 Å². The van der Waals surface area contributed by atoms with E-state index in [4.69, 9.17) is 4.74 Å². The van der Waals surface area contributed by atoms with Crippen LogP contribution >= 0.6 is 0 Å². The van der Waals surface area contributed by atoms with Crippen LogP contribution in [0.15, 0.2) is 24.3 Å². The second-order valence-corrected chi connectivity index (χ2v) is 3.18. The van der Waals surface area contributed by atoms with Crippen molar-refractivity contribution < 1.29 is 4.74 Å². The largest absolute Gasteiger partial charge is 0.377 e. The van der Waals surface area contributed by atoms with Gasteiger partial charge in [0.05, 0.1) is 6.61 Å². The number of hydrogen-bond acceptors (Lipinski definition) is 1. The van der Waals surface area contributed by atoms with Crippen LogP contribution in [0.25, 0.3) is 0 Å². The first kappa shape index (κ1) is 12.4. The van der Waals surface area contributed by atoms with Crippen molar-refractivity contribution in [3.8, 4) is 0 Å². The summed E-state index contributed by atoms with van der Waals surface area (Å²) in [7, 11) is 0. The maximum Gasteiger partial charge on any atom is 0.0713 e. The first-order valence-corrected chi connectivity index (χ1v) is 5.24. The van der Waals surface area contributed by atoms with Gasteiger partial charge in [0, 0.05) is 6.61 Å². The normalized spacial score (nSPS) is 11.7. The summed E-state index contributed by atoms with van der Waals surface area (Å²) in [5.74, 6) is 0. The fourth-order valence-electron chi connectivity index (χ4n) is 0.967. The lowest BCUT2D eigenvalue weighted by Crippen LogP contribution is -1.98. The fourth-order valence-corrected chi connectivity index (χ4v) is 0.967. The average molecular weight is 182 g/mol. The average Bonchev–Trinajstić information content (AvgIpc) is 2.17. The minimum Gasteiger partial charge on any atom is -0.377 e. The molecule has 0 atom stereocenters. The zero-order valence-electron chi connectivity index (χ0n) is 9.01. The molecule has 0 heterocycles. The third kappa shape index (κ3) is 7.79. The van der Waals surface area contributed by atoms with Crippen LogP contribution < -0.4 is 0 Å². The van der Waals surface area contributed by atoms with Crippen LogP contribution in [-0.2, 0) is 4.74 Å². The highest BCUT2D eigenvalue weighted by Crippen LogP contribution is 2.01. The number of rotatable bonds is 8. The molecule has 0 aliphatic carbocycles. The minimum atomic E-state index is 0.726. The molecule has 1 nitrogen and oxygen atoms in total. The van der Waals surface area contributed by atoms with E-state index in [2.05, 4.69) is 26.5 Å². The summed E-state index contributed by atoms with van der Waals surface area (Å²) in [4.78, 5) is 0. The van der Waals surface area contributed by atoms with Gasteiger partial charge in [-0.25, -0.2) is 0 Å². The van der Waals surface area contributed by atoms with Crippen LogP contribution in [0.5, 0.6) is 0 Å².